The number of carbonyl (C=O) groups excluding carboxylic acids is 1. The lowest BCUT2D eigenvalue weighted by atomic mass is 9.91. The number of aromatic hydroxyl groups is 1. The van der Waals surface area contributed by atoms with Crippen molar-refractivity contribution in [1.29, 1.82) is 0 Å². The average Bonchev–Trinajstić information content (AvgIpc) is 3.24. The van der Waals surface area contributed by atoms with Crippen molar-refractivity contribution in [3.63, 3.8) is 0 Å². The number of carbonyl (C=O) groups is 2. The number of carboxylic acid groups (broad SMARTS) is 1. The monoisotopic (exact) mass is 578 g/mol. The lowest BCUT2D eigenvalue weighted by Gasteiger charge is -2.29. The number of benzene rings is 2. The van der Waals surface area contributed by atoms with E-state index in [1.54, 1.807) is 18.2 Å². The molecule has 0 radical (unpaired) electrons. The summed E-state index contributed by atoms with van der Waals surface area (Å²) in [7, 11) is 0. The van der Waals surface area contributed by atoms with Crippen LogP contribution in [0.4, 0.5) is 9.18 Å². The van der Waals surface area contributed by atoms with E-state index in [4.69, 9.17) is 14.6 Å². The van der Waals surface area contributed by atoms with Gasteiger partial charge in [-0.2, -0.15) is 0 Å². The molecule has 2 fully saturated rings. The number of hydrogen-bond donors (Lipinski definition) is 4. The molecule has 4 N–H and O–H groups in total. The van der Waals surface area contributed by atoms with Crippen LogP contribution in [-0.4, -0.2) is 70.5 Å². The van der Waals surface area contributed by atoms with Crippen molar-refractivity contribution in [2.45, 2.75) is 50.7 Å². The van der Waals surface area contributed by atoms with Gasteiger partial charge in [0, 0.05) is 38.3 Å². The topological polar surface area (TPSA) is 133 Å². The van der Waals surface area contributed by atoms with Crippen LogP contribution in [0.15, 0.2) is 54.7 Å². The van der Waals surface area contributed by atoms with E-state index in [-0.39, 0.29) is 29.3 Å². The lowest BCUT2D eigenvalue weighted by molar-refractivity contribution is 0.0919. The summed E-state index contributed by atoms with van der Waals surface area (Å²) in [6.45, 7) is 3.77. The van der Waals surface area contributed by atoms with Crippen LogP contribution in [0.2, 0.25) is 0 Å². The molecule has 10 nitrogen and oxygen atoms in total. The van der Waals surface area contributed by atoms with Gasteiger partial charge in [-0.1, -0.05) is 18.2 Å². The summed E-state index contributed by atoms with van der Waals surface area (Å²) < 4.78 is 25.8. The number of pyridine rings is 1. The van der Waals surface area contributed by atoms with Crippen LogP contribution < -0.4 is 15.4 Å². The Hall–Kier alpha value is -4.22. The van der Waals surface area contributed by atoms with Crippen LogP contribution in [0.5, 0.6) is 17.4 Å². The van der Waals surface area contributed by atoms with Gasteiger partial charge in [0.15, 0.2) is 0 Å². The van der Waals surface area contributed by atoms with Gasteiger partial charge >= 0.3 is 6.09 Å². The lowest BCUT2D eigenvalue weighted by Crippen LogP contribution is -2.43. The van der Waals surface area contributed by atoms with Gasteiger partial charge in [0.25, 0.3) is 5.91 Å². The molecular weight excluding hydrogens is 543 g/mol. The number of hydrogen-bond acceptors (Lipinski definition) is 7. The Morgan fingerprint density at radius 3 is 2.60 bits per heavy atom. The highest BCUT2D eigenvalue weighted by Crippen LogP contribution is 2.33. The molecule has 0 atom stereocenters. The molecule has 11 heteroatoms. The van der Waals surface area contributed by atoms with Crippen molar-refractivity contribution < 1.29 is 33.7 Å². The molecule has 2 heterocycles. The standard InChI is InChI=1S/C31H35FN4O6/c32-22-17-28(29(38)34-23-5-7-24(8-6-23)35-31(39)40)30(33-18-22)42-26-4-1-3-20(16-26)27-10-9-25(37)15-21(27)19-36-11-2-13-41-14-12-36/h1,3-4,9-10,15-18,23-24,35,37H,2,5-8,11-14,19H2,(H,34,38)(H,39,40). The molecule has 1 saturated carbocycles. The first-order chi connectivity index (χ1) is 20.3. The number of phenolic OH excluding ortho intramolecular Hbond substituents is 1. The average molecular weight is 579 g/mol. The molecule has 0 bridgehead atoms. The summed E-state index contributed by atoms with van der Waals surface area (Å²) in [6.07, 6.45) is 3.27. The Balaban J connectivity index is 1.32. The Bertz CT molecular complexity index is 1400. The molecule has 2 aromatic carbocycles. The van der Waals surface area contributed by atoms with Gasteiger partial charge in [0.2, 0.25) is 5.88 Å². The SMILES string of the molecule is O=C(O)NC1CCC(NC(=O)c2cc(F)cnc2Oc2cccc(-c3ccc(O)cc3CN3CCCOCC3)c2)CC1. The quantitative estimate of drug-likeness (QED) is 0.296. The highest BCUT2D eigenvalue weighted by Gasteiger charge is 2.25. The van der Waals surface area contributed by atoms with Crippen molar-refractivity contribution in [1.82, 2.24) is 20.5 Å². The third kappa shape index (κ3) is 7.74. The van der Waals surface area contributed by atoms with Gasteiger partial charge in [-0.3, -0.25) is 9.69 Å². The van der Waals surface area contributed by atoms with Crippen molar-refractivity contribution in [2.75, 3.05) is 26.3 Å². The first-order valence-corrected chi connectivity index (χ1v) is 14.2. The maximum atomic E-state index is 14.2. The van der Waals surface area contributed by atoms with E-state index in [2.05, 4.69) is 20.5 Å². The van der Waals surface area contributed by atoms with Crippen LogP contribution in [0.25, 0.3) is 11.1 Å². The zero-order valence-electron chi connectivity index (χ0n) is 23.2. The summed E-state index contributed by atoms with van der Waals surface area (Å²) in [5, 5.41) is 24.5. The highest BCUT2D eigenvalue weighted by molar-refractivity contribution is 5.96. The third-order valence-corrected chi connectivity index (χ3v) is 7.61. The van der Waals surface area contributed by atoms with Crippen LogP contribution in [0.3, 0.4) is 0 Å². The maximum absolute atomic E-state index is 14.2. The molecule has 1 aromatic heterocycles. The molecule has 2 amide bonds. The summed E-state index contributed by atoms with van der Waals surface area (Å²) in [5.41, 5.74) is 2.72. The highest BCUT2D eigenvalue weighted by atomic mass is 19.1. The molecule has 42 heavy (non-hydrogen) atoms. The van der Waals surface area contributed by atoms with Crippen molar-refractivity contribution in [3.8, 4) is 28.5 Å². The summed E-state index contributed by atoms with van der Waals surface area (Å²) >= 11 is 0. The van der Waals surface area contributed by atoms with Crippen molar-refractivity contribution in [2.24, 2.45) is 0 Å². The van der Waals surface area contributed by atoms with Gasteiger partial charge < -0.3 is 30.3 Å². The smallest absolute Gasteiger partial charge is 0.404 e. The van der Waals surface area contributed by atoms with E-state index in [0.717, 1.165) is 55.1 Å². The van der Waals surface area contributed by atoms with Crippen LogP contribution >= 0.6 is 0 Å². The fourth-order valence-corrected chi connectivity index (χ4v) is 5.52. The first kappa shape index (κ1) is 29.3. The Kier molecular flexibility index (Phi) is 9.50. The summed E-state index contributed by atoms with van der Waals surface area (Å²) in [5.74, 6) is -0.593. The molecule has 2 aliphatic rings. The zero-order chi connectivity index (χ0) is 29.5. The molecule has 1 aliphatic heterocycles. The normalized spacial score (nSPS) is 19.5. The van der Waals surface area contributed by atoms with Gasteiger partial charge in [-0.25, -0.2) is 14.2 Å². The predicted octanol–water partition coefficient (Wildman–Crippen LogP) is 4.92. The number of rotatable bonds is 8. The minimum atomic E-state index is -1.06. The van der Waals surface area contributed by atoms with Crippen molar-refractivity contribution >= 4 is 12.0 Å². The maximum Gasteiger partial charge on any atom is 0.404 e. The van der Waals surface area contributed by atoms with E-state index in [0.29, 0.717) is 44.6 Å². The summed E-state index contributed by atoms with van der Waals surface area (Å²) in [4.78, 5) is 30.4. The van der Waals surface area contributed by atoms with E-state index in [9.17, 15) is 19.1 Å². The van der Waals surface area contributed by atoms with Gasteiger partial charge in [0.1, 0.15) is 22.9 Å². The van der Waals surface area contributed by atoms with E-state index in [1.165, 1.54) is 0 Å². The Labute approximate surface area is 243 Å². The molecule has 0 unspecified atom stereocenters. The number of nitrogens with zero attached hydrogens (tertiary/aromatic N) is 2. The zero-order valence-corrected chi connectivity index (χ0v) is 23.2. The number of phenols is 1. The fourth-order valence-electron chi connectivity index (χ4n) is 5.52. The Morgan fingerprint density at radius 2 is 1.81 bits per heavy atom. The van der Waals surface area contributed by atoms with E-state index >= 15 is 0 Å². The second-order valence-corrected chi connectivity index (χ2v) is 10.7. The first-order valence-electron chi connectivity index (χ1n) is 14.2. The van der Waals surface area contributed by atoms with Crippen LogP contribution in [0, 0.1) is 5.82 Å². The number of aromatic nitrogens is 1. The number of halogens is 1. The van der Waals surface area contributed by atoms with Crippen molar-refractivity contribution in [3.05, 3.63) is 71.7 Å². The number of amides is 2. The van der Waals surface area contributed by atoms with E-state index < -0.39 is 17.8 Å². The molecule has 0 spiro atoms. The van der Waals surface area contributed by atoms with Gasteiger partial charge in [0.05, 0.1) is 12.8 Å². The molecular formula is C31H35FN4O6. The van der Waals surface area contributed by atoms with Crippen LogP contribution in [-0.2, 0) is 11.3 Å². The Morgan fingerprint density at radius 1 is 1.02 bits per heavy atom. The minimum absolute atomic E-state index is 0.0252. The van der Waals surface area contributed by atoms with E-state index in [1.807, 2.05) is 24.3 Å². The van der Waals surface area contributed by atoms with Gasteiger partial charge in [-0.05, 0) is 79.1 Å². The second-order valence-electron chi connectivity index (χ2n) is 10.7. The molecule has 1 saturated heterocycles. The summed E-state index contributed by atoms with van der Waals surface area (Å²) in [6, 6.07) is 13.4. The third-order valence-electron chi connectivity index (χ3n) is 7.61. The van der Waals surface area contributed by atoms with Gasteiger partial charge in [-0.15, -0.1) is 0 Å². The van der Waals surface area contributed by atoms with Crippen LogP contribution in [0.1, 0.15) is 48.0 Å². The second kappa shape index (κ2) is 13.6. The minimum Gasteiger partial charge on any atom is -0.508 e. The largest absolute Gasteiger partial charge is 0.508 e. The number of ether oxygens (including phenoxy) is 2. The molecule has 1 aliphatic carbocycles. The molecule has 3 aromatic rings. The fraction of sp³-hybridized carbons (Fsp3) is 0.387. The number of nitrogens with one attached hydrogen (secondary N) is 2. The predicted molar refractivity (Wildman–Crippen MR) is 153 cm³/mol. The molecule has 5 rings (SSSR count). The molecule has 222 valence electrons.